The second kappa shape index (κ2) is 2.79. The number of hydrogen-bond acceptors (Lipinski definition) is 1. The standard InChI is InChI=1S/C9H5BClN/c10-9-6-2-1-5-12-8(6)4-3-7(9)11/h1-5H. The van der Waals surface area contributed by atoms with Crippen LogP contribution in [-0.4, -0.2) is 12.8 Å². The quantitative estimate of drug-likeness (QED) is 0.553. The molecule has 0 spiro atoms. The first kappa shape index (κ1) is 7.62. The van der Waals surface area contributed by atoms with Crippen LogP contribution in [0.15, 0.2) is 30.5 Å². The molecule has 0 saturated heterocycles. The zero-order chi connectivity index (χ0) is 8.55. The van der Waals surface area contributed by atoms with Crippen molar-refractivity contribution in [1.82, 2.24) is 4.98 Å². The Hall–Kier alpha value is -1.02. The van der Waals surface area contributed by atoms with Gasteiger partial charge < -0.3 is 0 Å². The maximum Gasteiger partial charge on any atom is 0.116 e. The number of hydrogen-bond donors (Lipinski definition) is 0. The van der Waals surface area contributed by atoms with Gasteiger partial charge in [0.15, 0.2) is 0 Å². The summed E-state index contributed by atoms with van der Waals surface area (Å²) < 4.78 is 0. The number of rotatable bonds is 0. The normalized spacial score (nSPS) is 10.4. The highest BCUT2D eigenvalue weighted by atomic mass is 35.5. The Labute approximate surface area is 76.8 Å². The van der Waals surface area contributed by atoms with Gasteiger partial charge in [-0.2, -0.15) is 0 Å². The van der Waals surface area contributed by atoms with Crippen molar-refractivity contribution in [2.45, 2.75) is 0 Å². The fourth-order valence-corrected chi connectivity index (χ4v) is 1.31. The second-order valence-corrected chi connectivity index (χ2v) is 2.94. The summed E-state index contributed by atoms with van der Waals surface area (Å²) in [6, 6.07) is 7.36. The van der Waals surface area contributed by atoms with Gasteiger partial charge in [-0.3, -0.25) is 4.98 Å². The molecule has 0 aliphatic rings. The van der Waals surface area contributed by atoms with E-state index in [9.17, 15) is 0 Å². The van der Waals surface area contributed by atoms with Crippen molar-refractivity contribution in [3.05, 3.63) is 35.5 Å². The van der Waals surface area contributed by atoms with Crippen LogP contribution in [0.5, 0.6) is 0 Å². The van der Waals surface area contributed by atoms with Crippen molar-refractivity contribution in [3.8, 4) is 0 Å². The minimum Gasteiger partial charge on any atom is -0.256 e. The maximum atomic E-state index is 5.83. The summed E-state index contributed by atoms with van der Waals surface area (Å²) in [4.78, 5) is 4.14. The van der Waals surface area contributed by atoms with Crippen LogP contribution in [-0.2, 0) is 0 Å². The van der Waals surface area contributed by atoms with E-state index in [0.717, 1.165) is 10.9 Å². The summed E-state index contributed by atoms with van der Waals surface area (Å²) in [6.45, 7) is 0. The van der Waals surface area contributed by atoms with Crippen LogP contribution in [0.25, 0.3) is 10.9 Å². The zero-order valence-electron chi connectivity index (χ0n) is 6.29. The minimum absolute atomic E-state index is 0.579. The van der Waals surface area contributed by atoms with E-state index < -0.39 is 0 Å². The molecule has 2 radical (unpaired) electrons. The lowest BCUT2D eigenvalue weighted by atomic mass is 9.92. The predicted molar refractivity (Wildman–Crippen MR) is 52.1 cm³/mol. The number of halogens is 1. The number of benzene rings is 1. The smallest absolute Gasteiger partial charge is 0.116 e. The van der Waals surface area contributed by atoms with Gasteiger partial charge in [-0.1, -0.05) is 23.1 Å². The van der Waals surface area contributed by atoms with E-state index in [-0.39, 0.29) is 0 Å². The van der Waals surface area contributed by atoms with Crippen molar-refractivity contribution in [3.63, 3.8) is 0 Å². The van der Waals surface area contributed by atoms with E-state index in [1.807, 2.05) is 18.2 Å². The summed E-state index contributed by atoms with van der Waals surface area (Å²) in [7, 11) is 5.75. The zero-order valence-corrected chi connectivity index (χ0v) is 7.05. The summed E-state index contributed by atoms with van der Waals surface area (Å²) in [5.41, 5.74) is 1.47. The highest BCUT2D eigenvalue weighted by Crippen LogP contribution is 2.13. The molecule has 0 amide bonds. The SMILES string of the molecule is [B]c1c(Cl)ccc2ncccc12. The highest BCUT2D eigenvalue weighted by molar-refractivity contribution is 6.49. The third-order valence-corrected chi connectivity index (χ3v) is 2.10. The molecular formula is C9H5BClN. The Morgan fingerprint density at radius 1 is 1.25 bits per heavy atom. The molecule has 1 heterocycles. The van der Waals surface area contributed by atoms with Crippen molar-refractivity contribution in [2.24, 2.45) is 0 Å². The topological polar surface area (TPSA) is 12.9 Å². The van der Waals surface area contributed by atoms with E-state index in [4.69, 9.17) is 19.4 Å². The summed E-state index contributed by atoms with van der Waals surface area (Å²) in [5, 5.41) is 1.49. The van der Waals surface area contributed by atoms with Crippen LogP contribution < -0.4 is 5.46 Å². The second-order valence-electron chi connectivity index (χ2n) is 2.53. The Morgan fingerprint density at radius 3 is 2.92 bits per heavy atom. The molecule has 0 saturated carbocycles. The molecular weight excluding hydrogens is 168 g/mol. The van der Waals surface area contributed by atoms with E-state index >= 15 is 0 Å². The Bertz CT molecular complexity index is 428. The van der Waals surface area contributed by atoms with Crippen molar-refractivity contribution in [1.29, 1.82) is 0 Å². The first-order valence-corrected chi connectivity index (χ1v) is 3.95. The first-order chi connectivity index (χ1) is 5.79. The van der Waals surface area contributed by atoms with Gasteiger partial charge in [0.25, 0.3) is 0 Å². The third kappa shape index (κ3) is 1.08. The Balaban J connectivity index is 2.91. The number of aromatic nitrogens is 1. The van der Waals surface area contributed by atoms with Crippen molar-refractivity contribution >= 4 is 35.8 Å². The monoisotopic (exact) mass is 173 g/mol. The molecule has 0 aliphatic carbocycles. The Kier molecular flexibility index (Phi) is 1.78. The fourth-order valence-electron chi connectivity index (χ4n) is 1.15. The van der Waals surface area contributed by atoms with Crippen LogP contribution in [0.3, 0.4) is 0 Å². The van der Waals surface area contributed by atoms with Crippen LogP contribution >= 0.6 is 11.6 Å². The number of fused-ring (bicyclic) bond motifs is 1. The minimum atomic E-state index is 0.579. The van der Waals surface area contributed by atoms with Gasteiger partial charge in [0, 0.05) is 11.2 Å². The molecule has 0 unspecified atom stereocenters. The molecule has 1 nitrogen and oxygen atoms in total. The highest BCUT2D eigenvalue weighted by Gasteiger charge is 1.99. The molecule has 0 aliphatic heterocycles. The van der Waals surface area contributed by atoms with Crippen LogP contribution in [0.4, 0.5) is 0 Å². The molecule has 1 aromatic carbocycles. The fraction of sp³-hybridized carbons (Fsp3) is 0. The molecule has 0 atom stereocenters. The van der Waals surface area contributed by atoms with Crippen LogP contribution in [0.2, 0.25) is 5.02 Å². The van der Waals surface area contributed by atoms with Gasteiger partial charge in [0.1, 0.15) is 7.85 Å². The average molecular weight is 173 g/mol. The van der Waals surface area contributed by atoms with Crippen LogP contribution in [0.1, 0.15) is 0 Å². The van der Waals surface area contributed by atoms with Gasteiger partial charge >= 0.3 is 0 Å². The molecule has 12 heavy (non-hydrogen) atoms. The van der Waals surface area contributed by atoms with E-state index in [2.05, 4.69) is 4.98 Å². The summed E-state index contributed by atoms with van der Waals surface area (Å²) in [6.07, 6.45) is 1.73. The Morgan fingerprint density at radius 2 is 2.08 bits per heavy atom. The molecule has 3 heteroatoms. The maximum absolute atomic E-state index is 5.83. The van der Waals surface area contributed by atoms with Gasteiger partial charge in [0.05, 0.1) is 5.52 Å². The van der Waals surface area contributed by atoms with Gasteiger partial charge in [-0.15, -0.1) is 0 Å². The lowest BCUT2D eigenvalue weighted by Crippen LogP contribution is -2.05. The number of nitrogens with zero attached hydrogens (tertiary/aromatic N) is 1. The predicted octanol–water partition coefficient (Wildman–Crippen LogP) is 1.68. The lowest BCUT2D eigenvalue weighted by molar-refractivity contribution is 1.42. The molecule has 1 aromatic heterocycles. The van der Waals surface area contributed by atoms with Gasteiger partial charge in [-0.25, -0.2) is 0 Å². The average Bonchev–Trinajstić information content (AvgIpc) is 2.12. The number of pyridine rings is 1. The van der Waals surface area contributed by atoms with E-state index in [1.165, 1.54) is 0 Å². The molecule has 0 N–H and O–H groups in total. The molecule has 2 aromatic rings. The van der Waals surface area contributed by atoms with Crippen molar-refractivity contribution in [2.75, 3.05) is 0 Å². The molecule has 56 valence electrons. The van der Waals surface area contributed by atoms with Crippen LogP contribution in [0, 0.1) is 0 Å². The first-order valence-electron chi connectivity index (χ1n) is 3.58. The largest absolute Gasteiger partial charge is 0.256 e. The lowest BCUT2D eigenvalue weighted by Gasteiger charge is -2.02. The van der Waals surface area contributed by atoms with Crippen molar-refractivity contribution < 1.29 is 0 Å². The summed E-state index contributed by atoms with van der Waals surface area (Å²) >= 11 is 5.83. The van der Waals surface area contributed by atoms with E-state index in [1.54, 1.807) is 12.3 Å². The molecule has 0 bridgehead atoms. The van der Waals surface area contributed by atoms with Gasteiger partial charge in [0.2, 0.25) is 0 Å². The third-order valence-electron chi connectivity index (χ3n) is 1.77. The molecule has 0 fully saturated rings. The summed E-state index contributed by atoms with van der Waals surface area (Å²) in [5.74, 6) is 0. The molecule has 2 rings (SSSR count). The van der Waals surface area contributed by atoms with E-state index in [0.29, 0.717) is 10.5 Å². The van der Waals surface area contributed by atoms with Gasteiger partial charge in [-0.05, 0) is 23.6 Å².